The number of ketones is 1. The van der Waals surface area contributed by atoms with E-state index in [1.54, 1.807) is 7.11 Å². The van der Waals surface area contributed by atoms with Crippen molar-refractivity contribution in [3.8, 4) is 5.75 Å². The highest BCUT2D eigenvalue weighted by Crippen LogP contribution is 2.28. The standard InChI is InChI=1S/C19H20O2/c1-13-4-3-5-17(19(13)20)11-14-6-7-16-12-18(21-2)9-8-15(16)10-14/h6-13H,3-5H2,1-2H3/b17-11+/t13-/m1/s1. The highest BCUT2D eigenvalue weighted by molar-refractivity contribution is 6.02. The molecule has 0 spiro atoms. The molecule has 21 heavy (non-hydrogen) atoms. The third-order valence-corrected chi connectivity index (χ3v) is 4.26. The molecule has 0 amide bonds. The quantitative estimate of drug-likeness (QED) is 0.750. The second-order valence-corrected chi connectivity index (χ2v) is 5.80. The smallest absolute Gasteiger partial charge is 0.161 e. The minimum absolute atomic E-state index is 0.176. The summed E-state index contributed by atoms with van der Waals surface area (Å²) in [5, 5.41) is 2.32. The predicted octanol–water partition coefficient (Wildman–Crippen LogP) is 4.62. The summed E-state index contributed by atoms with van der Waals surface area (Å²) in [6, 6.07) is 12.3. The van der Waals surface area contributed by atoms with E-state index in [2.05, 4.69) is 30.3 Å². The van der Waals surface area contributed by atoms with Crippen molar-refractivity contribution in [1.82, 2.24) is 0 Å². The van der Waals surface area contributed by atoms with Crippen LogP contribution >= 0.6 is 0 Å². The second kappa shape index (κ2) is 5.72. The van der Waals surface area contributed by atoms with Gasteiger partial charge in [-0.15, -0.1) is 0 Å². The second-order valence-electron chi connectivity index (χ2n) is 5.80. The molecule has 3 rings (SSSR count). The van der Waals surface area contributed by atoms with Crippen LogP contribution in [0.15, 0.2) is 42.0 Å². The Bertz CT molecular complexity index is 713. The van der Waals surface area contributed by atoms with Crippen molar-refractivity contribution in [2.75, 3.05) is 7.11 Å². The van der Waals surface area contributed by atoms with E-state index in [4.69, 9.17) is 4.74 Å². The third kappa shape index (κ3) is 2.85. The van der Waals surface area contributed by atoms with Gasteiger partial charge < -0.3 is 4.74 Å². The van der Waals surface area contributed by atoms with Crippen LogP contribution in [0.25, 0.3) is 16.8 Å². The fraction of sp³-hybridized carbons (Fsp3) is 0.316. The molecule has 2 heteroatoms. The first-order chi connectivity index (χ1) is 10.2. The molecule has 1 saturated carbocycles. The lowest BCUT2D eigenvalue weighted by Crippen LogP contribution is -2.18. The van der Waals surface area contributed by atoms with Crippen LogP contribution in [-0.2, 0) is 4.79 Å². The first-order valence-electron chi connectivity index (χ1n) is 7.50. The molecule has 1 aliphatic rings. The molecule has 0 radical (unpaired) electrons. The van der Waals surface area contributed by atoms with E-state index in [9.17, 15) is 4.79 Å². The highest BCUT2D eigenvalue weighted by Gasteiger charge is 2.22. The van der Waals surface area contributed by atoms with E-state index in [0.717, 1.165) is 41.5 Å². The lowest BCUT2D eigenvalue weighted by molar-refractivity contribution is -0.119. The Morgan fingerprint density at radius 3 is 2.71 bits per heavy atom. The summed E-state index contributed by atoms with van der Waals surface area (Å²) in [6.07, 6.45) is 5.10. The number of hydrogen-bond acceptors (Lipinski definition) is 2. The molecule has 0 unspecified atom stereocenters. The number of carbonyl (C=O) groups is 1. The zero-order valence-corrected chi connectivity index (χ0v) is 12.6. The van der Waals surface area contributed by atoms with Crippen molar-refractivity contribution in [3.63, 3.8) is 0 Å². The molecule has 2 aromatic rings. The number of methoxy groups -OCH3 is 1. The number of rotatable bonds is 2. The van der Waals surface area contributed by atoms with Gasteiger partial charge in [-0.3, -0.25) is 4.79 Å². The summed E-state index contributed by atoms with van der Waals surface area (Å²) in [5.41, 5.74) is 2.08. The number of Topliss-reactive ketones (excluding diaryl/α,β-unsaturated/α-hetero) is 1. The van der Waals surface area contributed by atoms with Crippen LogP contribution in [0, 0.1) is 5.92 Å². The van der Waals surface area contributed by atoms with Gasteiger partial charge in [0.25, 0.3) is 0 Å². The Hall–Kier alpha value is -2.09. The van der Waals surface area contributed by atoms with Gasteiger partial charge in [-0.25, -0.2) is 0 Å². The summed E-state index contributed by atoms with van der Waals surface area (Å²) in [7, 11) is 1.68. The number of hydrogen-bond donors (Lipinski definition) is 0. The summed E-state index contributed by atoms with van der Waals surface area (Å²) >= 11 is 0. The van der Waals surface area contributed by atoms with Crippen molar-refractivity contribution in [1.29, 1.82) is 0 Å². The molecular formula is C19H20O2. The van der Waals surface area contributed by atoms with Gasteiger partial charge in [0.05, 0.1) is 7.11 Å². The summed E-state index contributed by atoms with van der Waals surface area (Å²) in [5.74, 6) is 1.36. The van der Waals surface area contributed by atoms with E-state index >= 15 is 0 Å². The number of ether oxygens (including phenoxy) is 1. The average molecular weight is 280 g/mol. The van der Waals surface area contributed by atoms with Gasteiger partial charge >= 0.3 is 0 Å². The molecule has 0 aromatic heterocycles. The van der Waals surface area contributed by atoms with Gasteiger partial charge in [-0.1, -0.05) is 25.1 Å². The molecular weight excluding hydrogens is 260 g/mol. The molecule has 0 aliphatic heterocycles. The summed E-state index contributed by atoms with van der Waals surface area (Å²) in [4.78, 5) is 12.2. The zero-order valence-electron chi connectivity index (χ0n) is 12.6. The monoisotopic (exact) mass is 280 g/mol. The lowest BCUT2D eigenvalue weighted by Gasteiger charge is -2.19. The largest absolute Gasteiger partial charge is 0.497 e. The first kappa shape index (κ1) is 13.9. The van der Waals surface area contributed by atoms with Crippen LogP contribution in [0.2, 0.25) is 0 Å². The molecule has 0 N–H and O–H groups in total. The van der Waals surface area contributed by atoms with Gasteiger partial charge in [0, 0.05) is 5.92 Å². The van der Waals surface area contributed by atoms with Crippen LogP contribution in [0.3, 0.4) is 0 Å². The van der Waals surface area contributed by atoms with Crippen LogP contribution in [0.5, 0.6) is 5.75 Å². The fourth-order valence-corrected chi connectivity index (χ4v) is 2.97. The van der Waals surface area contributed by atoms with Crippen LogP contribution in [0.1, 0.15) is 31.7 Å². The van der Waals surface area contributed by atoms with Crippen molar-refractivity contribution in [2.24, 2.45) is 5.92 Å². The highest BCUT2D eigenvalue weighted by atomic mass is 16.5. The van der Waals surface area contributed by atoms with Crippen molar-refractivity contribution in [3.05, 3.63) is 47.5 Å². The third-order valence-electron chi connectivity index (χ3n) is 4.26. The van der Waals surface area contributed by atoms with Gasteiger partial charge in [0.15, 0.2) is 5.78 Å². The Morgan fingerprint density at radius 1 is 1.14 bits per heavy atom. The molecule has 2 nitrogen and oxygen atoms in total. The average Bonchev–Trinajstić information content (AvgIpc) is 2.51. The molecule has 108 valence electrons. The minimum Gasteiger partial charge on any atom is -0.497 e. The number of fused-ring (bicyclic) bond motifs is 1. The van der Waals surface area contributed by atoms with Crippen molar-refractivity contribution in [2.45, 2.75) is 26.2 Å². The van der Waals surface area contributed by atoms with Gasteiger partial charge in [-0.2, -0.15) is 0 Å². The Balaban J connectivity index is 1.96. The Labute approximate surface area is 125 Å². The maximum atomic E-state index is 12.2. The lowest BCUT2D eigenvalue weighted by atomic mass is 9.84. The van der Waals surface area contributed by atoms with Crippen molar-refractivity contribution < 1.29 is 9.53 Å². The first-order valence-corrected chi connectivity index (χ1v) is 7.50. The van der Waals surface area contributed by atoms with E-state index in [-0.39, 0.29) is 5.92 Å². The van der Waals surface area contributed by atoms with Gasteiger partial charge in [0.1, 0.15) is 5.75 Å². The van der Waals surface area contributed by atoms with Gasteiger partial charge in [0.2, 0.25) is 0 Å². The Kier molecular flexibility index (Phi) is 3.78. The van der Waals surface area contributed by atoms with E-state index in [1.807, 2.05) is 19.1 Å². The fourth-order valence-electron chi connectivity index (χ4n) is 2.97. The SMILES string of the molecule is COc1ccc2cc(/C=C3\CCC[C@@H](C)C3=O)ccc2c1. The summed E-state index contributed by atoms with van der Waals surface area (Å²) < 4.78 is 5.24. The molecule has 0 saturated heterocycles. The molecule has 1 atom stereocenters. The minimum atomic E-state index is 0.176. The number of allylic oxidation sites excluding steroid dienone is 1. The molecule has 1 fully saturated rings. The Morgan fingerprint density at radius 2 is 1.90 bits per heavy atom. The molecule has 0 heterocycles. The van der Waals surface area contributed by atoms with Gasteiger partial charge in [-0.05, 0) is 65.4 Å². The molecule has 0 bridgehead atoms. The predicted molar refractivity (Wildman–Crippen MR) is 86.5 cm³/mol. The van der Waals surface area contributed by atoms with E-state index in [0.29, 0.717) is 5.78 Å². The van der Waals surface area contributed by atoms with Crippen LogP contribution in [0.4, 0.5) is 0 Å². The topological polar surface area (TPSA) is 26.3 Å². The van der Waals surface area contributed by atoms with Crippen LogP contribution in [-0.4, -0.2) is 12.9 Å². The van der Waals surface area contributed by atoms with E-state index in [1.165, 1.54) is 5.39 Å². The maximum absolute atomic E-state index is 12.2. The van der Waals surface area contributed by atoms with E-state index < -0.39 is 0 Å². The van der Waals surface area contributed by atoms with Crippen molar-refractivity contribution >= 4 is 22.6 Å². The molecule has 1 aliphatic carbocycles. The summed E-state index contributed by atoms with van der Waals surface area (Å²) in [6.45, 7) is 2.03. The number of benzene rings is 2. The van der Waals surface area contributed by atoms with Crippen LogP contribution < -0.4 is 4.74 Å². The number of carbonyl (C=O) groups excluding carboxylic acids is 1. The maximum Gasteiger partial charge on any atom is 0.161 e. The zero-order chi connectivity index (χ0) is 14.8. The molecule has 2 aromatic carbocycles. The normalized spacial score (nSPS) is 21.0.